The van der Waals surface area contributed by atoms with Crippen molar-refractivity contribution >= 4 is 5.78 Å². The molecule has 23 heavy (non-hydrogen) atoms. The molecule has 122 valence electrons. The second kappa shape index (κ2) is 5.05. The maximum absolute atomic E-state index is 11.7. The number of rotatable bonds is 1. The maximum atomic E-state index is 11.7. The second-order valence-corrected chi connectivity index (χ2v) is 8.21. The number of ketones is 1. The molecule has 0 saturated heterocycles. The third-order valence-corrected chi connectivity index (χ3v) is 7.43. The fourth-order valence-electron chi connectivity index (χ4n) is 6.06. The number of allylic oxidation sites excluding steroid dienone is 4. The molecule has 0 aromatic heterocycles. The van der Waals surface area contributed by atoms with Crippen molar-refractivity contribution < 1.29 is 9.90 Å². The number of fused-ring (bicyclic) bond motifs is 4. The Morgan fingerprint density at radius 2 is 2.09 bits per heavy atom. The van der Waals surface area contributed by atoms with E-state index in [0.29, 0.717) is 18.3 Å². The number of aliphatic hydroxyl groups is 1. The number of hydrogen-bond acceptors (Lipinski definition) is 3. The lowest BCUT2D eigenvalue weighted by Gasteiger charge is -2.51. The monoisotopic (exact) mass is 311 g/mol. The van der Waals surface area contributed by atoms with Gasteiger partial charge in [0.25, 0.3) is 0 Å². The van der Waals surface area contributed by atoms with Crippen molar-refractivity contribution in [1.29, 1.82) is 5.26 Å². The zero-order valence-electron chi connectivity index (χ0n) is 13.9. The zero-order valence-corrected chi connectivity index (χ0v) is 13.9. The molecule has 1 unspecified atom stereocenters. The summed E-state index contributed by atoms with van der Waals surface area (Å²) in [6.45, 7) is 2.22. The van der Waals surface area contributed by atoms with Crippen LogP contribution in [0.2, 0.25) is 0 Å². The molecular weight excluding hydrogens is 286 g/mol. The summed E-state index contributed by atoms with van der Waals surface area (Å²) in [6, 6.07) is 2.22. The van der Waals surface area contributed by atoms with E-state index in [9.17, 15) is 9.90 Å². The van der Waals surface area contributed by atoms with Gasteiger partial charge in [0, 0.05) is 11.8 Å². The van der Waals surface area contributed by atoms with Crippen LogP contribution in [0.5, 0.6) is 0 Å². The second-order valence-electron chi connectivity index (χ2n) is 8.21. The fraction of sp³-hybridized carbons (Fsp3) is 0.700. The highest BCUT2D eigenvalue weighted by molar-refractivity contribution is 5.93. The van der Waals surface area contributed by atoms with E-state index in [0.717, 1.165) is 44.9 Å². The summed E-state index contributed by atoms with van der Waals surface area (Å²) in [6.07, 6.45) is 9.67. The molecule has 0 aromatic carbocycles. The molecule has 2 fully saturated rings. The lowest BCUT2D eigenvalue weighted by Crippen LogP contribution is -2.49. The van der Waals surface area contributed by atoms with Gasteiger partial charge in [-0.3, -0.25) is 4.79 Å². The molecule has 4 aliphatic carbocycles. The molecule has 0 aromatic rings. The summed E-state index contributed by atoms with van der Waals surface area (Å²) < 4.78 is 0. The van der Waals surface area contributed by atoms with Gasteiger partial charge in [0.15, 0.2) is 5.78 Å². The van der Waals surface area contributed by atoms with Crippen LogP contribution in [0.15, 0.2) is 22.8 Å². The molecule has 4 aliphatic rings. The number of hydrogen-bond donors (Lipinski definition) is 1. The number of nitriles is 1. The Hall–Kier alpha value is -1.40. The number of carbonyl (C=O) groups is 1. The van der Waals surface area contributed by atoms with Crippen LogP contribution in [0.4, 0.5) is 0 Å². The van der Waals surface area contributed by atoms with Gasteiger partial charge >= 0.3 is 0 Å². The van der Waals surface area contributed by atoms with Gasteiger partial charge in [-0.05, 0) is 74.0 Å². The van der Waals surface area contributed by atoms with Crippen molar-refractivity contribution in [1.82, 2.24) is 0 Å². The van der Waals surface area contributed by atoms with Crippen LogP contribution in [0.3, 0.4) is 0 Å². The van der Waals surface area contributed by atoms with Crippen LogP contribution in [-0.4, -0.2) is 16.5 Å². The first-order valence-electron chi connectivity index (χ1n) is 9.03. The highest BCUT2D eigenvalue weighted by atomic mass is 16.3. The van der Waals surface area contributed by atoms with Crippen LogP contribution < -0.4 is 0 Å². The highest BCUT2D eigenvalue weighted by Crippen LogP contribution is 2.64. The summed E-state index contributed by atoms with van der Waals surface area (Å²) in [7, 11) is 0. The Morgan fingerprint density at radius 3 is 2.87 bits per heavy atom. The lowest BCUT2D eigenvalue weighted by molar-refractivity contribution is -0.114. The average molecular weight is 311 g/mol. The summed E-state index contributed by atoms with van der Waals surface area (Å²) in [5.41, 5.74) is 3.42. The minimum atomic E-state index is -0.804. The smallest absolute Gasteiger partial charge is 0.156 e. The quantitative estimate of drug-likeness (QED) is 0.800. The molecule has 0 spiro atoms. The first kappa shape index (κ1) is 15.1. The van der Waals surface area contributed by atoms with E-state index in [4.69, 9.17) is 5.26 Å². The van der Waals surface area contributed by atoms with Crippen molar-refractivity contribution in [3.63, 3.8) is 0 Å². The van der Waals surface area contributed by atoms with Crippen molar-refractivity contribution in [2.75, 3.05) is 0 Å². The lowest BCUT2D eigenvalue weighted by atomic mass is 9.54. The van der Waals surface area contributed by atoms with E-state index in [1.54, 1.807) is 5.57 Å². The van der Waals surface area contributed by atoms with Crippen molar-refractivity contribution in [2.45, 2.75) is 70.3 Å². The Labute approximate surface area is 138 Å². The standard InChI is InChI=1S/C20H25NO2/c1-19-8-6-16-15-5-3-14(22)12-13(15)2-4-17(16)18(19)7-9-20(19,23)10-11-21/h12,17-18,23H,2-10H2,1H3/t17?,18-,19-,20+/m0/s1. The molecule has 0 bridgehead atoms. The third kappa shape index (κ3) is 2.01. The normalized spacial score (nSPS) is 42.5. The van der Waals surface area contributed by atoms with Gasteiger partial charge in [0.05, 0.1) is 18.1 Å². The van der Waals surface area contributed by atoms with Crippen LogP contribution in [0.1, 0.15) is 64.7 Å². The first-order valence-corrected chi connectivity index (χ1v) is 9.03. The minimum Gasteiger partial charge on any atom is -0.388 e. The van der Waals surface area contributed by atoms with Crippen molar-refractivity contribution in [3.8, 4) is 6.07 Å². The predicted molar refractivity (Wildman–Crippen MR) is 87.3 cm³/mol. The van der Waals surface area contributed by atoms with Gasteiger partial charge < -0.3 is 5.11 Å². The Bertz CT molecular complexity index is 668. The molecular formula is C20H25NO2. The van der Waals surface area contributed by atoms with E-state index in [2.05, 4.69) is 13.0 Å². The van der Waals surface area contributed by atoms with Gasteiger partial charge in [0.1, 0.15) is 0 Å². The van der Waals surface area contributed by atoms with E-state index >= 15 is 0 Å². The van der Waals surface area contributed by atoms with Gasteiger partial charge in [-0.1, -0.05) is 12.5 Å². The van der Waals surface area contributed by atoms with Crippen molar-refractivity contribution in [3.05, 3.63) is 22.8 Å². The molecule has 0 amide bonds. The van der Waals surface area contributed by atoms with Crippen molar-refractivity contribution in [2.24, 2.45) is 17.3 Å². The SMILES string of the molecule is C[C@]12CCC3=C4CCC(=O)C=C4CCC3[C@@H]1CC[C@@]2(O)CC#N. The molecule has 0 aliphatic heterocycles. The Balaban J connectivity index is 1.72. The maximum Gasteiger partial charge on any atom is 0.156 e. The van der Waals surface area contributed by atoms with Crippen LogP contribution >= 0.6 is 0 Å². The molecule has 0 heterocycles. The summed E-state index contributed by atoms with van der Waals surface area (Å²) >= 11 is 0. The summed E-state index contributed by atoms with van der Waals surface area (Å²) in [5.74, 6) is 1.34. The van der Waals surface area contributed by atoms with Crippen LogP contribution in [-0.2, 0) is 4.79 Å². The molecule has 3 heteroatoms. The first-order chi connectivity index (χ1) is 11.0. The van der Waals surface area contributed by atoms with E-state index < -0.39 is 5.60 Å². The zero-order chi connectivity index (χ0) is 16.2. The van der Waals surface area contributed by atoms with Crippen LogP contribution in [0, 0.1) is 28.6 Å². The molecule has 3 nitrogen and oxygen atoms in total. The molecule has 2 saturated carbocycles. The third-order valence-electron chi connectivity index (χ3n) is 7.43. The summed E-state index contributed by atoms with van der Waals surface area (Å²) in [4.78, 5) is 11.7. The number of carbonyl (C=O) groups excluding carboxylic acids is 1. The fourth-order valence-corrected chi connectivity index (χ4v) is 6.06. The minimum absolute atomic E-state index is 0.122. The predicted octanol–water partition coefficient (Wildman–Crippen LogP) is 3.84. The molecule has 0 radical (unpaired) electrons. The van der Waals surface area contributed by atoms with Gasteiger partial charge in [0.2, 0.25) is 0 Å². The van der Waals surface area contributed by atoms with Gasteiger partial charge in [-0.15, -0.1) is 0 Å². The highest BCUT2D eigenvalue weighted by Gasteiger charge is 2.60. The van der Waals surface area contributed by atoms with Crippen LogP contribution in [0.25, 0.3) is 0 Å². The molecule has 1 N–H and O–H groups in total. The largest absolute Gasteiger partial charge is 0.388 e. The average Bonchev–Trinajstić information content (AvgIpc) is 2.79. The summed E-state index contributed by atoms with van der Waals surface area (Å²) in [5, 5.41) is 20.3. The van der Waals surface area contributed by atoms with Gasteiger partial charge in [-0.25, -0.2) is 0 Å². The topological polar surface area (TPSA) is 61.1 Å². The Morgan fingerprint density at radius 1 is 1.26 bits per heavy atom. The molecule has 4 atom stereocenters. The van der Waals surface area contributed by atoms with Gasteiger partial charge in [-0.2, -0.15) is 5.26 Å². The molecule has 4 rings (SSSR count). The Kier molecular flexibility index (Phi) is 3.32. The van der Waals surface area contributed by atoms with E-state index in [-0.39, 0.29) is 17.6 Å². The number of nitrogens with zero attached hydrogens (tertiary/aromatic N) is 1. The van der Waals surface area contributed by atoms with E-state index in [1.165, 1.54) is 11.1 Å². The van der Waals surface area contributed by atoms with E-state index in [1.807, 2.05) is 6.08 Å².